The minimum atomic E-state index is -0.319. The topological polar surface area (TPSA) is 32.3 Å². The smallest absolute Gasteiger partial charge is 0.254 e. The normalized spacial score (nSPS) is 19.7. The third kappa shape index (κ3) is 2.47. The van der Waals surface area contributed by atoms with Gasteiger partial charge in [-0.05, 0) is 38.1 Å². The van der Waals surface area contributed by atoms with Crippen molar-refractivity contribution in [1.82, 2.24) is 10.2 Å². The van der Waals surface area contributed by atoms with Crippen molar-refractivity contribution in [2.75, 3.05) is 20.1 Å². The van der Waals surface area contributed by atoms with Crippen LogP contribution in [0.15, 0.2) is 18.2 Å². The van der Waals surface area contributed by atoms with E-state index in [1.165, 1.54) is 6.07 Å². The first-order chi connectivity index (χ1) is 8.11. The fraction of sp³-hybridized carbons (Fsp3) is 0.462. The van der Waals surface area contributed by atoms with Crippen LogP contribution >= 0.6 is 0 Å². The molecular formula is C13H17FN2O. The van der Waals surface area contributed by atoms with Crippen molar-refractivity contribution in [3.8, 4) is 0 Å². The second-order valence-electron chi connectivity index (χ2n) is 4.49. The number of hydrogen-bond acceptors (Lipinski definition) is 2. The highest BCUT2D eigenvalue weighted by molar-refractivity contribution is 5.94. The Morgan fingerprint density at radius 3 is 2.88 bits per heavy atom. The number of likely N-dealkylation sites (tertiary alicyclic amines) is 1. The number of hydrogen-bond donors (Lipinski definition) is 1. The van der Waals surface area contributed by atoms with Crippen LogP contribution in [0.5, 0.6) is 0 Å². The summed E-state index contributed by atoms with van der Waals surface area (Å²) in [6.07, 6.45) is 0.955. The van der Waals surface area contributed by atoms with E-state index in [4.69, 9.17) is 0 Å². The first-order valence-electron chi connectivity index (χ1n) is 5.84. The Labute approximate surface area is 101 Å². The van der Waals surface area contributed by atoms with Gasteiger partial charge in [-0.15, -0.1) is 0 Å². The van der Waals surface area contributed by atoms with Gasteiger partial charge in [-0.25, -0.2) is 4.39 Å². The van der Waals surface area contributed by atoms with Gasteiger partial charge in [-0.3, -0.25) is 4.79 Å². The third-order valence-electron chi connectivity index (χ3n) is 3.30. The maximum Gasteiger partial charge on any atom is 0.254 e. The van der Waals surface area contributed by atoms with E-state index >= 15 is 0 Å². The van der Waals surface area contributed by atoms with E-state index in [1.807, 2.05) is 7.05 Å². The van der Waals surface area contributed by atoms with E-state index in [9.17, 15) is 9.18 Å². The highest BCUT2D eigenvalue weighted by atomic mass is 19.1. The molecule has 4 heteroatoms. The summed E-state index contributed by atoms with van der Waals surface area (Å²) in [4.78, 5) is 13.9. The van der Waals surface area contributed by atoms with Gasteiger partial charge in [-0.2, -0.15) is 0 Å². The monoisotopic (exact) mass is 236 g/mol. The van der Waals surface area contributed by atoms with E-state index in [1.54, 1.807) is 24.0 Å². The molecule has 1 unspecified atom stereocenters. The zero-order valence-electron chi connectivity index (χ0n) is 10.2. The Balaban J connectivity index is 2.12. The molecule has 17 heavy (non-hydrogen) atoms. The summed E-state index contributed by atoms with van der Waals surface area (Å²) in [6.45, 7) is 3.13. The Kier molecular flexibility index (Phi) is 3.43. The number of halogens is 1. The fourth-order valence-electron chi connectivity index (χ4n) is 2.09. The number of nitrogens with zero attached hydrogens (tertiary/aromatic N) is 1. The molecule has 0 spiro atoms. The van der Waals surface area contributed by atoms with Crippen molar-refractivity contribution < 1.29 is 9.18 Å². The van der Waals surface area contributed by atoms with E-state index in [0.29, 0.717) is 23.7 Å². The Morgan fingerprint density at radius 1 is 1.53 bits per heavy atom. The Bertz CT molecular complexity index is 433. The molecule has 1 aliphatic heterocycles. The quantitative estimate of drug-likeness (QED) is 0.845. The number of likely N-dealkylation sites (N-methyl/N-ethyl adjacent to an activating group) is 1. The molecule has 1 atom stereocenters. The number of benzene rings is 1. The molecule has 1 aromatic rings. The van der Waals surface area contributed by atoms with Crippen LogP contribution in [0, 0.1) is 12.7 Å². The first-order valence-corrected chi connectivity index (χ1v) is 5.84. The van der Waals surface area contributed by atoms with Gasteiger partial charge in [0.25, 0.3) is 5.91 Å². The van der Waals surface area contributed by atoms with Gasteiger partial charge in [0, 0.05) is 24.7 Å². The summed E-state index contributed by atoms with van der Waals surface area (Å²) in [5.74, 6) is -0.401. The molecule has 2 rings (SSSR count). The van der Waals surface area contributed by atoms with Gasteiger partial charge in [0.1, 0.15) is 5.82 Å². The van der Waals surface area contributed by atoms with E-state index in [-0.39, 0.29) is 11.7 Å². The summed E-state index contributed by atoms with van der Waals surface area (Å²) in [5.41, 5.74) is 1.00. The van der Waals surface area contributed by atoms with Crippen molar-refractivity contribution in [2.45, 2.75) is 19.4 Å². The minimum Gasteiger partial charge on any atom is -0.337 e. The molecule has 1 amide bonds. The van der Waals surface area contributed by atoms with E-state index < -0.39 is 0 Å². The van der Waals surface area contributed by atoms with Crippen LogP contribution in [0.3, 0.4) is 0 Å². The van der Waals surface area contributed by atoms with Gasteiger partial charge in [0.2, 0.25) is 0 Å². The van der Waals surface area contributed by atoms with Gasteiger partial charge >= 0.3 is 0 Å². The largest absolute Gasteiger partial charge is 0.337 e. The van der Waals surface area contributed by atoms with Crippen molar-refractivity contribution >= 4 is 5.91 Å². The lowest BCUT2D eigenvalue weighted by atomic mass is 10.1. The predicted octanol–water partition coefficient (Wildman–Crippen LogP) is 1.57. The summed E-state index contributed by atoms with van der Waals surface area (Å²) in [6, 6.07) is 5.01. The van der Waals surface area contributed by atoms with Crippen LogP contribution in [-0.2, 0) is 0 Å². The molecule has 1 N–H and O–H groups in total. The first kappa shape index (κ1) is 12.0. The van der Waals surface area contributed by atoms with Crippen LogP contribution < -0.4 is 5.32 Å². The van der Waals surface area contributed by atoms with Crippen molar-refractivity contribution in [2.24, 2.45) is 0 Å². The lowest BCUT2D eigenvalue weighted by molar-refractivity contribution is 0.0789. The average Bonchev–Trinajstić information content (AvgIpc) is 2.80. The van der Waals surface area contributed by atoms with Crippen LogP contribution in [-0.4, -0.2) is 37.0 Å². The highest BCUT2D eigenvalue weighted by Gasteiger charge is 2.25. The standard InChI is InChI=1S/C13H17FN2O/c1-9-3-4-10(7-12(9)14)13(17)16-6-5-11(8-16)15-2/h3-4,7,11,15H,5-6,8H2,1-2H3. The molecule has 1 aromatic carbocycles. The van der Waals surface area contributed by atoms with E-state index in [0.717, 1.165) is 13.0 Å². The number of carbonyl (C=O) groups is 1. The van der Waals surface area contributed by atoms with Crippen LogP contribution in [0.25, 0.3) is 0 Å². The number of nitrogens with one attached hydrogen (secondary N) is 1. The van der Waals surface area contributed by atoms with Crippen molar-refractivity contribution in [3.05, 3.63) is 35.1 Å². The van der Waals surface area contributed by atoms with Gasteiger partial charge < -0.3 is 10.2 Å². The summed E-state index contributed by atoms with van der Waals surface area (Å²) >= 11 is 0. The fourth-order valence-corrected chi connectivity index (χ4v) is 2.09. The van der Waals surface area contributed by atoms with Crippen molar-refractivity contribution in [3.63, 3.8) is 0 Å². The SMILES string of the molecule is CNC1CCN(C(=O)c2ccc(C)c(F)c2)C1. The molecule has 0 bridgehead atoms. The van der Waals surface area contributed by atoms with Crippen molar-refractivity contribution in [1.29, 1.82) is 0 Å². The lowest BCUT2D eigenvalue weighted by Crippen LogP contribution is -2.33. The molecule has 0 aliphatic carbocycles. The molecule has 1 aliphatic rings. The minimum absolute atomic E-state index is 0.0818. The number of amides is 1. The molecule has 1 heterocycles. The maximum absolute atomic E-state index is 13.4. The highest BCUT2D eigenvalue weighted by Crippen LogP contribution is 2.15. The molecule has 3 nitrogen and oxygen atoms in total. The molecule has 1 saturated heterocycles. The zero-order chi connectivity index (χ0) is 12.4. The molecular weight excluding hydrogens is 219 g/mol. The predicted molar refractivity (Wildman–Crippen MR) is 64.5 cm³/mol. The molecule has 1 fully saturated rings. The number of aryl methyl sites for hydroxylation is 1. The maximum atomic E-state index is 13.4. The van der Waals surface area contributed by atoms with E-state index in [2.05, 4.69) is 5.32 Å². The van der Waals surface area contributed by atoms with Gasteiger partial charge in [0.15, 0.2) is 0 Å². The summed E-state index contributed by atoms with van der Waals surface area (Å²) in [5, 5.41) is 3.15. The molecule has 0 aromatic heterocycles. The Morgan fingerprint density at radius 2 is 2.29 bits per heavy atom. The van der Waals surface area contributed by atoms with Crippen LogP contribution in [0.4, 0.5) is 4.39 Å². The third-order valence-corrected chi connectivity index (χ3v) is 3.30. The Hall–Kier alpha value is -1.42. The lowest BCUT2D eigenvalue weighted by Gasteiger charge is -2.16. The average molecular weight is 236 g/mol. The number of carbonyl (C=O) groups excluding carboxylic acids is 1. The van der Waals surface area contributed by atoms with Gasteiger partial charge in [-0.1, -0.05) is 6.07 Å². The molecule has 92 valence electrons. The van der Waals surface area contributed by atoms with Crippen LogP contribution in [0.2, 0.25) is 0 Å². The number of rotatable bonds is 2. The van der Waals surface area contributed by atoms with Gasteiger partial charge in [0.05, 0.1) is 0 Å². The summed E-state index contributed by atoms with van der Waals surface area (Å²) < 4.78 is 13.4. The molecule has 0 radical (unpaired) electrons. The zero-order valence-corrected chi connectivity index (χ0v) is 10.2. The molecule has 0 saturated carbocycles. The van der Waals surface area contributed by atoms with Crippen LogP contribution in [0.1, 0.15) is 22.3 Å². The second kappa shape index (κ2) is 4.84. The second-order valence-corrected chi connectivity index (χ2v) is 4.49. The summed E-state index contributed by atoms with van der Waals surface area (Å²) in [7, 11) is 1.89.